The number of rotatable bonds is 7. The third-order valence-corrected chi connectivity index (χ3v) is 3.45. The second-order valence-corrected chi connectivity index (χ2v) is 5.76. The second kappa shape index (κ2) is 7.41. The van der Waals surface area contributed by atoms with Gasteiger partial charge in [0.2, 0.25) is 0 Å². The first-order valence-electron chi connectivity index (χ1n) is 6.98. The van der Waals surface area contributed by atoms with Gasteiger partial charge in [0.25, 0.3) is 0 Å². The van der Waals surface area contributed by atoms with Gasteiger partial charge in [0.1, 0.15) is 0 Å². The standard InChI is InChI=1S/C16H26N2O2/c1-12-8-13(2)10-15(9-12)14(3)18(11-16(19)20)7-6-17(4)5/h8-10,14H,6-7,11H2,1-5H3,(H,19,20). The van der Waals surface area contributed by atoms with E-state index < -0.39 is 5.97 Å². The zero-order valence-corrected chi connectivity index (χ0v) is 13.2. The Morgan fingerprint density at radius 2 is 1.70 bits per heavy atom. The molecule has 0 saturated carbocycles. The minimum Gasteiger partial charge on any atom is -0.480 e. The molecule has 1 unspecified atom stereocenters. The lowest BCUT2D eigenvalue weighted by Crippen LogP contribution is -2.37. The van der Waals surface area contributed by atoms with Gasteiger partial charge in [-0.3, -0.25) is 9.69 Å². The van der Waals surface area contributed by atoms with E-state index in [-0.39, 0.29) is 12.6 Å². The summed E-state index contributed by atoms with van der Waals surface area (Å²) in [6, 6.07) is 6.52. The highest BCUT2D eigenvalue weighted by molar-refractivity contribution is 5.69. The monoisotopic (exact) mass is 278 g/mol. The molecule has 0 aliphatic carbocycles. The van der Waals surface area contributed by atoms with Crippen molar-refractivity contribution >= 4 is 5.97 Å². The highest BCUT2D eigenvalue weighted by atomic mass is 16.4. The predicted molar refractivity (Wildman–Crippen MR) is 82.1 cm³/mol. The Labute approximate surface area is 122 Å². The van der Waals surface area contributed by atoms with E-state index in [1.165, 1.54) is 16.7 Å². The number of benzene rings is 1. The van der Waals surface area contributed by atoms with E-state index >= 15 is 0 Å². The number of nitrogens with zero attached hydrogens (tertiary/aromatic N) is 2. The SMILES string of the molecule is Cc1cc(C)cc(C(C)N(CCN(C)C)CC(=O)O)c1. The maximum Gasteiger partial charge on any atom is 0.317 e. The minimum absolute atomic E-state index is 0.0714. The van der Waals surface area contributed by atoms with Crippen LogP contribution in [0.3, 0.4) is 0 Å². The van der Waals surface area contributed by atoms with Gasteiger partial charge in [-0.25, -0.2) is 0 Å². The third kappa shape index (κ3) is 5.31. The molecule has 1 aromatic rings. The Kier molecular flexibility index (Phi) is 6.17. The zero-order valence-electron chi connectivity index (χ0n) is 13.2. The summed E-state index contributed by atoms with van der Waals surface area (Å²) in [7, 11) is 4.00. The number of carboxylic acid groups (broad SMARTS) is 1. The molecule has 0 amide bonds. The summed E-state index contributed by atoms with van der Waals surface area (Å²) in [4.78, 5) is 15.2. The van der Waals surface area contributed by atoms with E-state index in [0.29, 0.717) is 0 Å². The summed E-state index contributed by atoms with van der Waals surface area (Å²) in [6.45, 7) is 7.89. The maximum atomic E-state index is 11.1. The molecule has 1 N–H and O–H groups in total. The van der Waals surface area contributed by atoms with E-state index in [9.17, 15) is 4.79 Å². The van der Waals surface area contributed by atoms with Crippen LogP contribution in [0.4, 0.5) is 0 Å². The fourth-order valence-corrected chi connectivity index (χ4v) is 2.37. The van der Waals surface area contributed by atoms with Gasteiger partial charge >= 0.3 is 5.97 Å². The Morgan fingerprint density at radius 1 is 1.15 bits per heavy atom. The number of carboxylic acids is 1. The average molecular weight is 278 g/mol. The molecule has 4 heteroatoms. The first-order chi connectivity index (χ1) is 9.29. The molecule has 0 radical (unpaired) electrons. The molecule has 1 rings (SSSR count). The summed E-state index contributed by atoms with van der Waals surface area (Å²) in [5, 5.41) is 9.10. The smallest absolute Gasteiger partial charge is 0.317 e. The van der Waals surface area contributed by atoms with Crippen LogP contribution in [0.1, 0.15) is 29.7 Å². The molecule has 1 aromatic carbocycles. The number of aliphatic carboxylic acids is 1. The van der Waals surface area contributed by atoms with Crippen molar-refractivity contribution in [1.29, 1.82) is 0 Å². The van der Waals surface area contributed by atoms with Crippen LogP contribution in [0.15, 0.2) is 18.2 Å². The Morgan fingerprint density at radius 3 is 2.15 bits per heavy atom. The van der Waals surface area contributed by atoms with Crippen LogP contribution < -0.4 is 0 Å². The van der Waals surface area contributed by atoms with Crippen LogP contribution in [0, 0.1) is 13.8 Å². The van der Waals surface area contributed by atoms with Crippen LogP contribution in [-0.2, 0) is 4.79 Å². The van der Waals surface area contributed by atoms with E-state index in [4.69, 9.17) is 5.11 Å². The van der Waals surface area contributed by atoms with Gasteiger partial charge in [-0.1, -0.05) is 29.3 Å². The lowest BCUT2D eigenvalue weighted by Gasteiger charge is -2.29. The van der Waals surface area contributed by atoms with Crippen molar-refractivity contribution in [1.82, 2.24) is 9.80 Å². The molecule has 1 atom stereocenters. The van der Waals surface area contributed by atoms with Crippen molar-refractivity contribution < 1.29 is 9.90 Å². The largest absolute Gasteiger partial charge is 0.480 e. The van der Waals surface area contributed by atoms with Gasteiger partial charge < -0.3 is 10.0 Å². The molecular weight excluding hydrogens is 252 g/mol. The van der Waals surface area contributed by atoms with Crippen LogP contribution >= 0.6 is 0 Å². The minimum atomic E-state index is -0.778. The van der Waals surface area contributed by atoms with Gasteiger partial charge in [-0.2, -0.15) is 0 Å². The molecule has 0 aliphatic rings. The highest BCUT2D eigenvalue weighted by Gasteiger charge is 2.18. The van der Waals surface area contributed by atoms with Crippen LogP contribution in [-0.4, -0.2) is 54.6 Å². The molecule has 0 spiro atoms. The number of carbonyl (C=O) groups is 1. The third-order valence-electron chi connectivity index (χ3n) is 3.45. The first-order valence-corrected chi connectivity index (χ1v) is 6.98. The Hall–Kier alpha value is -1.39. The molecule has 20 heavy (non-hydrogen) atoms. The van der Waals surface area contributed by atoms with Gasteiger partial charge in [0, 0.05) is 19.1 Å². The molecule has 112 valence electrons. The van der Waals surface area contributed by atoms with Gasteiger partial charge in [-0.05, 0) is 40.4 Å². The topological polar surface area (TPSA) is 43.8 Å². The number of hydrogen-bond acceptors (Lipinski definition) is 3. The van der Waals surface area contributed by atoms with E-state index in [0.717, 1.165) is 13.1 Å². The average Bonchev–Trinajstić information content (AvgIpc) is 2.31. The van der Waals surface area contributed by atoms with Crippen molar-refractivity contribution in [2.24, 2.45) is 0 Å². The molecule has 0 saturated heterocycles. The summed E-state index contributed by atoms with van der Waals surface area (Å²) >= 11 is 0. The molecule has 0 fully saturated rings. The second-order valence-electron chi connectivity index (χ2n) is 5.76. The fraction of sp³-hybridized carbons (Fsp3) is 0.562. The predicted octanol–water partition coefficient (Wildman–Crippen LogP) is 2.31. The van der Waals surface area contributed by atoms with Crippen LogP contribution in [0.5, 0.6) is 0 Å². The Bertz CT molecular complexity index is 438. The molecule has 0 bridgehead atoms. The van der Waals surface area contributed by atoms with Gasteiger partial charge in [-0.15, -0.1) is 0 Å². The molecule has 0 aromatic heterocycles. The van der Waals surface area contributed by atoms with E-state index in [2.05, 4.69) is 43.9 Å². The van der Waals surface area contributed by atoms with Crippen molar-refractivity contribution in [3.8, 4) is 0 Å². The number of hydrogen-bond donors (Lipinski definition) is 1. The van der Waals surface area contributed by atoms with Gasteiger partial charge in [0.15, 0.2) is 0 Å². The van der Waals surface area contributed by atoms with Crippen molar-refractivity contribution in [3.63, 3.8) is 0 Å². The molecular formula is C16H26N2O2. The summed E-state index contributed by atoms with van der Waals surface area (Å²) in [6.07, 6.45) is 0. The van der Waals surface area contributed by atoms with Crippen molar-refractivity contribution in [2.45, 2.75) is 26.8 Å². The normalized spacial score (nSPS) is 12.9. The highest BCUT2D eigenvalue weighted by Crippen LogP contribution is 2.22. The van der Waals surface area contributed by atoms with Gasteiger partial charge in [0.05, 0.1) is 6.54 Å². The lowest BCUT2D eigenvalue weighted by molar-refractivity contribution is -0.138. The molecule has 4 nitrogen and oxygen atoms in total. The first kappa shape index (κ1) is 16.7. The number of likely N-dealkylation sites (N-methyl/N-ethyl adjacent to an activating group) is 1. The quantitative estimate of drug-likeness (QED) is 0.831. The summed E-state index contributed by atoms with van der Waals surface area (Å²) in [5.41, 5.74) is 3.62. The fourth-order valence-electron chi connectivity index (χ4n) is 2.37. The van der Waals surface area contributed by atoms with Crippen molar-refractivity contribution in [3.05, 3.63) is 34.9 Å². The summed E-state index contributed by atoms with van der Waals surface area (Å²) in [5.74, 6) is -0.778. The van der Waals surface area contributed by atoms with E-state index in [1.54, 1.807) is 0 Å². The molecule has 0 aliphatic heterocycles. The van der Waals surface area contributed by atoms with E-state index in [1.807, 2.05) is 19.0 Å². The molecule has 0 heterocycles. The Balaban J connectivity index is 2.90. The van der Waals surface area contributed by atoms with Crippen LogP contribution in [0.25, 0.3) is 0 Å². The number of aryl methyl sites for hydroxylation is 2. The summed E-state index contributed by atoms with van der Waals surface area (Å²) < 4.78 is 0. The van der Waals surface area contributed by atoms with Crippen LogP contribution in [0.2, 0.25) is 0 Å². The maximum absolute atomic E-state index is 11.1. The van der Waals surface area contributed by atoms with Crippen molar-refractivity contribution in [2.75, 3.05) is 33.7 Å². The lowest BCUT2D eigenvalue weighted by atomic mass is 10.0. The zero-order chi connectivity index (χ0) is 15.3.